The highest BCUT2D eigenvalue weighted by molar-refractivity contribution is 4.92. The third kappa shape index (κ3) is 1.54. The van der Waals surface area contributed by atoms with Crippen LogP contribution in [0.3, 0.4) is 0 Å². The lowest BCUT2D eigenvalue weighted by atomic mass is 10.1. The van der Waals surface area contributed by atoms with Crippen LogP contribution in [0.1, 0.15) is 0 Å². The molecule has 0 spiro atoms. The van der Waals surface area contributed by atoms with Gasteiger partial charge in [-0.25, -0.2) is 0 Å². The van der Waals surface area contributed by atoms with Gasteiger partial charge in [-0.05, 0) is 0 Å². The van der Waals surface area contributed by atoms with Gasteiger partial charge in [0, 0.05) is 7.11 Å². The third-order valence-corrected chi connectivity index (χ3v) is 2.07. The fraction of sp³-hybridized carbons (Fsp3) is 1.00. The van der Waals surface area contributed by atoms with Crippen molar-refractivity contribution >= 4 is 0 Å². The predicted octanol–water partition coefficient (Wildman–Crippen LogP) is -0.840. The van der Waals surface area contributed by atoms with Crippen LogP contribution in [0.25, 0.3) is 0 Å². The first-order valence-corrected chi connectivity index (χ1v) is 3.77. The van der Waals surface area contributed by atoms with Crippen molar-refractivity contribution in [3.05, 3.63) is 0 Å². The van der Waals surface area contributed by atoms with Crippen LogP contribution >= 0.6 is 0 Å². The molecule has 0 aromatic carbocycles. The minimum atomic E-state index is -0.521. The molecule has 4 unspecified atom stereocenters. The van der Waals surface area contributed by atoms with Crippen molar-refractivity contribution in [1.29, 1.82) is 0 Å². The van der Waals surface area contributed by atoms with Crippen LogP contribution < -0.4 is 0 Å². The van der Waals surface area contributed by atoms with E-state index in [-0.39, 0.29) is 18.3 Å². The Labute approximate surface area is 65.1 Å². The zero-order valence-corrected chi connectivity index (χ0v) is 6.40. The maximum atomic E-state index is 9.53. The molecule has 11 heavy (non-hydrogen) atoms. The minimum Gasteiger partial charge on any atom is -0.387 e. The van der Waals surface area contributed by atoms with Gasteiger partial charge in [0.2, 0.25) is 0 Å². The maximum Gasteiger partial charge on any atom is 0.114 e. The first-order chi connectivity index (χ1) is 5.33. The number of aliphatic hydroxyl groups excluding tert-OH is 1. The number of methoxy groups -OCH3 is 1. The lowest BCUT2D eigenvalue weighted by molar-refractivity contribution is -0.0378. The topological polar surface area (TPSA) is 54.5 Å². The summed E-state index contributed by atoms with van der Waals surface area (Å²) < 4.78 is 15.0. The molecule has 2 rings (SSSR count). The summed E-state index contributed by atoms with van der Waals surface area (Å²) in [5.41, 5.74) is 0. The van der Waals surface area contributed by atoms with Gasteiger partial charge in [-0.2, -0.15) is 0 Å². The first kappa shape index (κ1) is 7.49. The Hall–Kier alpha value is -0.160. The molecule has 0 aromatic heterocycles. The second kappa shape index (κ2) is 2.71. The fourth-order valence-electron chi connectivity index (χ4n) is 1.22. The lowest BCUT2D eigenvalue weighted by Crippen LogP contribution is -2.37. The molecule has 2 aliphatic heterocycles. The molecule has 64 valence electrons. The first-order valence-electron chi connectivity index (χ1n) is 3.77. The van der Waals surface area contributed by atoms with E-state index in [2.05, 4.69) is 0 Å². The second-order valence-electron chi connectivity index (χ2n) is 2.93. The number of epoxide rings is 2. The molecule has 2 heterocycles. The van der Waals surface area contributed by atoms with Crippen molar-refractivity contribution in [3.63, 3.8) is 0 Å². The van der Waals surface area contributed by atoms with Gasteiger partial charge in [0.25, 0.3) is 0 Å². The Morgan fingerprint density at radius 3 is 2.27 bits per heavy atom. The molecular weight excluding hydrogens is 148 g/mol. The number of hydrogen-bond donors (Lipinski definition) is 1. The number of ether oxygens (including phenoxy) is 3. The summed E-state index contributed by atoms with van der Waals surface area (Å²) in [4.78, 5) is 0. The van der Waals surface area contributed by atoms with E-state index in [0.717, 1.165) is 0 Å². The molecule has 2 fully saturated rings. The normalized spacial score (nSPS) is 39.8. The summed E-state index contributed by atoms with van der Waals surface area (Å²) in [7, 11) is 1.58. The Bertz CT molecular complexity index is 141. The van der Waals surface area contributed by atoms with Crippen LogP contribution in [0.2, 0.25) is 0 Å². The van der Waals surface area contributed by atoms with Gasteiger partial charge in [0.1, 0.15) is 24.4 Å². The lowest BCUT2D eigenvalue weighted by Gasteiger charge is -2.17. The van der Waals surface area contributed by atoms with Crippen LogP contribution in [-0.4, -0.2) is 49.8 Å². The van der Waals surface area contributed by atoms with E-state index < -0.39 is 6.10 Å². The van der Waals surface area contributed by atoms with Crippen LogP contribution in [0.4, 0.5) is 0 Å². The highest BCUT2D eigenvalue weighted by atomic mass is 16.6. The predicted molar refractivity (Wildman–Crippen MR) is 36.3 cm³/mol. The largest absolute Gasteiger partial charge is 0.387 e. The van der Waals surface area contributed by atoms with E-state index in [1.54, 1.807) is 7.11 Å². The van der Waals surface area contributed by atoms with E-state index in [9.17, 15) is 5.11 Å². The summed E-state index contributed by atoms with van der Waals surface area (Å²) in [6.07, 6.45) is -0.668. The van der Waals surface area contributed by atoms with Crippen molar-refractivity contribution in [1.82, 2.24) is 0 Å². The van der Waals surface area contributed by atoms with Crippen molar-refractivity contribution in [2.75, 3.05) is 20.3 Å². The molecule has 0 radical (unpaired) electrons. The standard InChI is InChI=1S/C7H12O4/c1-9-7(5-3-11-5)6(8)4-2-10-4/h4-8H,2-3H2,1H3. The number of hydrogen-bond acceptors (Lipinski definition) is 4. The highest BCUT2D eigenvalue weighted by Crippen LogP contribution is 2.25. The molecule has 4 atom stereocenters. The minimum absolute atomic E-state index is 0.0239. The van der Waals surface area contributed by atoms with Crippen LogP contribution in [-0.2, 0) is 14.2 Å². The fourth-order valence-corrected chi connectivity index (χ4v) is 1.22. The van der Waals surface area contributed by atoms with E-state index in [1.807, 2.05) is 0 Å². The van der Waals surface area contributed by atoms with Gasteiger partial charge >= 0.3 is 0 Å². The Balaban J connectivity index is 1.86. The SMILES string of the molecule is COC(C1CO1)C(O)C1CO1. The summed E-state index contributed by atoms with van der Waals surface area (Å²) >= 11 is 0. The van der Waals surface area contributed by atoms with Gasteiger partial charge in [-0.3, -0.25) is 0 Å². The average Bonchev–Trinajstić information content (AvgIpc) is 2.86. The number of rotatable bonds is 4. The molecule has 0 bridgehead atoms. The number of aliphatic hydroxyl groups is 1. The zero-order chi connectivity index (χ0) is 7.84. The Kier molecular flexibility index (Phi) is 1.85. The molecule has 0 aliphatic carbocycles. The van der Waals surface area contributed by atoms with Crippen molar-refractivity contribution < 1.29 is 19.3 Å². The van der Waals surface area contributed by atoms with Crippen molar-refractivity contribution in [3.8, 4) is 0 Å². The molecule has 0 amide bonds. The van der Waals surface area contributed by atoms with E-state index >= 15 is 0 Å². The van der Waals surface area contributed by atoms with Gasteiger partial charge < -0.3 is 19.3 Å². The molecule has 4 nitrogen and oxygen atoms in total. The quantitative estimate of drug-likeness (QED) is 0.545. The highest BCUT2D eigenvalue weighted by Gasteiger charge is 2.45. The molecule has 0 aromatic rings. The second-order valence-corrected chi connectivity index (χ2v) is 2.93. The van der Waals surface area contributed by atoms with Crippen LogP contribution in [0, 0.1) is 0 Å². The zero-order valence-electron chi connectivity index (χ0n) is 6.40. The van der Waals surface area contributed by atoms with E-state index in [1.165, 1.54) is 0 Å². The third-order valence-electron chi connectivity index (χ3n) is 2.07. The molecule has 1 N–H and O–H groups in total. The van der Waals surface area contributed by atoms with Gasteiger partial charge in [-0.1, -0.05) is 0 Å². The molecule has 2 aliphatic rings. The summed E-state index contributed by atoms with van der Waals surface area (Å²) in [5, 5.41) is 9.53. The van der Waals surface area contributed by atoms with Gasteiger partial charge in [0.05, 0.1) is 13.2 Å². The summed E-state index contributed by atoms with van der Waals surface area (Å²) in [5.74, 6) is 0. The summed E-state index contributed by atoms with van der Waals surface area (Å²) in [6.45, 7) is 1.34. The molecule has 0 saturated carbocycles. The Morgan fingerprint density at radius 2 is 1.91 bits per heavy atom. The molecule has 2 saturated heterocycles. The van der Waals surface area contributed by atoms with Gasteiger partial charge in [-0.15, -0.1) is 0 Å². The molecule has 4 heteroatoms. The maximum absolute atomic E-state index is 9.53. The van der Waals surface area contributed by atoms with E-state index in [4.69, 9.17) is 14.2 Å². The smallest absolute Gasteiger partial charge is 0.114 e. The Morgan fingerprint density at radius 1 is 1.36 bits per heavy atom. The monoisotopic (exact) mass is 160 g/mol. The van der Waals surface area contributed by atoms with Crippen molar-refractivity contribution in [2.45, 2.75) is 24.4 Å². The molecular formula is C7H12O4. The van der Waals surface area contributed by atoms with Crippen LogP contribution in [0.15, 0.2) is 0 Å². The van der Waals surface area contributed by atoms with Gasteiger partial charge in [0.15, 0.2) is 0 Å². The average molecular weight is 160 g/mol. The summed E-state index contributed by atoms with van der Waals surface area (Å²) in [6, 6.07) is 0. The van der Waals surface area contributed by atoms with Crippen molar-refractivity contribution in [2.24, 2.45) is 0 Å². The van der Waals surface area contributed by atoms with E-state index in [0.29, 0.717) is 13.2 Å². The van der Waals surface area contributed by atoms with Crippen LogP contribution in [0.5, 0.6) is 0 Å².